The average Bonchev–Trinajstić information content (AvgIpc) is 2.26. The van der Waals surface area contributed by atoms with Crippen molar-refractivity contribution in [2.45, 2.75) is 39.2 Å². The number of rotatable bonds is 3. The fourth-order valence-corrected chi connectivity index (χ4v) is 3.02. The topological polar surface area (TPSA) is 72.5 Å². The summed E-state index contributed by atoms with van der Waals surface area (Å²) < 4.78 is 5.91. The first kappa shape index (κ1) is 13.7. The highest BCUT2D eigenvalue weighted by Crippen LogP contribution is 2.33. The van der Waals surface area contributed by atoms with Gasteiger partial charge in [0.25, 0.3) is 0 Å². The van der Waals surface area contributed by atoms with E-state index in [4.69, 9.17) is 10.5 Å². The SMILES string of the molecule is CC1CC(C)CC(Oc2cccc(N)c2C(=O)O)C1. The summed E-state index contributed by atoms with van der Waals surface area (Å²) in [6.45, 7) is 4.42. The van der Waals surface area contributed by atoms with Gasteiger partial charge in [0.05, 0.1) is 6.10 Å². The highest BCUT2D eigenvalue weighted by molar-refractivity contribution is 5.96. The van der Waals surface area contributed by atoms with Crippen LogP contribution in [0, 0.1) is 11.8 Å². The second-order valence-electron chi connectivity index (χ2n) is 5.68. The fraction of sp³-hybridized carbons (Fsp3) is 0.533. The molecule has 1 fully saturated rings. The number of anilines is 1. The van der Waals surface area contributed by atoms with Crippen molar-refractivity contribution in [2.75, 3.05) is 5.73 Å². The minimum absolute atomic E-state index is 0.0772. The van der Waals surface area contributed by atoms with Crippen molar-refractivity contribution < 1.29 is 14.6 Å². The van der Waals surface area contributed by atoms with Crippen molar-refractivity contribution in [3.8, 4) is 5.75 Å². The van der Waals surface area contributed by atoms with Crippen LogP contribution in [0.2, 0.25) is 0 Å². The quantitative estimate of drug-likeness (QED) is 0.821. The summed E-state index contributed by atoms with van der Waals surface area (Å²) in [6, 6.07) is 5.00. The van der Waals surface area contributed by atoms with Crippen molar-refractivity contribution >= 4 is 11.7 Å². The van der Waals surface area contributed by atoms with Gasteiger partial charge >= 0.3 is 5.97 Å². The average molecular weight is 263 g/mol. The summed E-state index contributed by atoms with van der Waals surface area (Å²) in [4.78, 5) is 11.3. The molecule has 1 saturated carbocycles. The third-order valence-electron chi connectivity index (χ3n) is 3.70. The molecular formula is C15H21NO3. The normalized spacial score (nSPS) is 26.9. The molecule has 0 saturated heterocycles. The zero-order valence-electron chi connectivity index (χ0n) is 11.4. The van der Waals surface area contributed by atoms with Crippen LogP contribution in [0.5, 0.6) is 5.75 Å². The summed E-state index contributed by atoms with van der Waals surface area (Å²) in [6.07, 6.45) is 3.23. The molecule has 0 amide bonds. The molecule has 19 heavy (non-hydrogen) atoms. The first-order chi connectivity index (χ1) is 8.97. The van der Waals surface area contributed by atoms with Crippen LogP contribution >= 0.6 is 0 Å². The van der Waals surface area contributed by atoms with Gasteiger partial charge in [0.1, 0.15) is 11.3 Å². The highest BCUT2D eigenvalue weighted by Gasteiger charge is 2.26. The van der Waals surface area contributed by atoms with Crippen molar-refractivity contribution in [1.29, 1.82) is 0 Å². The molecule has 2 rings (SSSR count). The van der Waals surface area contributed by atoms with Gasteiger partial charge in [-0.05, 0) is 43.2 Å². The molecule has 0 bridgehead atoms. The lowest BCUT2D eigenvalue weighted by molar-refractivity contribution is 0.0677. The van der Waals surface area contributed by atoms with Gasteiger partial charge in [-0.25, -0.2) is 4.79 Å². The number of nitrogen functional groups attached to an aromatic ring is 1. The molecule has 0 aliphatic heterocycles. The van der Waals surface area contributed by atoms with Crippen LogP contribution in [0.4, 0.5) is 5.69 Å². The van der Waals surface area contributed by atoms with E-state index in [1.54, 1.807) is 18.2 Å². The summed E-state index contributed by atoms with van der Waals surface area (Å²) in [5.41, 5.74) is 6.05. The van der Waals surface area contributed by atoms with Crippen LogP contribution in [0.1, 0.15) is 43.5 Å². The molecule has 1 aliphatic carbocycles. The Morgan fingerprint density at radius 3 is 2.47 bits per heavy atom. The van der Waals surface area contributed by atoms with Crippen LogP contribution in [0.3, 0.4) is 0 Å². The van der Waals surface area contributed by atoms with Crippen LogP contribution in [-0.4, -0.2) is 17.2 Å². The number of aromatic carboxylic acids is 1. The maximum absolute atomic E-state index is 11.3. The van der Waals surface area contributed by atoms with E-state index >= 15 is 0 Å². The Morgan fingerprint density at radius 2 is 1.89 bits per heavy atom. The van der Waals surface area contributed by atoms with E-state index in [9.17, 15) is 9.90 Å². The lowest BCUT2D eigenvalue weighted by Crippen LogP contribution is -2.29. The van der Waals surface area contributed by atoms with Gasteiger partial charge in [0.15, 0.2) is 0 Å². The second kappa shape index (κ2) is 5.51. The Morgan fingerprint density at radius 1 is 1.26 bits per heavy atom. The molecule has 2 unspecified atom stereocenters. The third kappa shape index (κ3) is 3.19. The number of nitrogens with two attached hydrogens (primary N) is 1. The minimum Gasteiger partial charge on any atom is -0.489 e. The zero-order chi connectivity index (χ0) is 14.0. The Labute approximate surface area is 113 Å². The summed E-state index contributed by atoms with van der Waals surface area (Å²) in [5, 5.41) is 9.22. The molecule has 4 heteroatoms. The van der Waals surface area contributed by atoms with E-state index in [0.29, 0.717) is 17.6 Å². The number of ether oxygens (including phenoxy) is 1. The van der Waals surface area contributed by atoms with E-state index in [0.717, 1.165) is 12.8 Å². The number of hydrogen-bond acceptors (Lipinski definition) is 3. The van der Waals surface area contributed by atoms with Crippen LogP contribution in [0.15, 0.2) is 18.2 Å². The molecule has 0 heterocycles. The summed E-state index contributed by atoms with van der Waals surface area (Å²) >= 11 is 0. The van der Waals surface area contributed by atoms with Crippen molar-refractivity contribution in [2.24, 2.45) is 11.8 Å². The van der Waals surface area contributed by atoms with Crippen molar-refractivity contribution in [1.82, 2.24) is 0 Å². The molecule has 0 aromatic heterocycles. The van der Waals surface area contributed by atoms with E-state index in [-0.39, 0.29) is 17.4 Å². The van der Waals surface area contributed by atoms with Gasteiger partial charge in [-0.3, -0.25) is 0 Å². The molecule has 1 aliphatic rings. The molecule has 104 valence electrons. The summed E-state index contributed by atoms with van der Waals surface area (Å²) in [5.74, 6) is 0.579. The van der Waals surface area contributed by atoms with E-state index in [1.165, 1.54) is 6.42 Å². The van der Waals surface area contributed by atoms with Crippen molar-refractivity contribution in [3.63, 3.8) is 0 Å². The Hall–Kier alpha value is -1.71. The van der Waals surface area contributed by atoms with Crippen molar-refractivity contribution in [3.05, 3.63) is 23.8 Å². The van der Waals surface area contributed by atoms with Gasteiger partial charge in [-0.1, -0.05) is 19.9 Å². The molecular weight excluding hydrogens is 242 g/mol. The van der Waals surface area contributed by atoms with E-state index in [1.807, 2.05) is 0 Å². The first-order valence-electron chi connectivity index (χ1n) is 6.75. The monoisotopic (exact) mass is 263 g/mol. The van der Waals surface area contributed by atoms with Crippen LogP contribution < -0.4 is 10.5 Å². The predicted molar refractivity (Wildman–Crippen MR) is 74.4 cm³/mol. The maximum atomic E-state index is 11.3. The smallest absolute Gasteiger partial charge is 0.341 e. The number of benzene rings is 1. The number of carboxylic acid groups (broad SMARTS) is 1. The number of carboxylic acids is 1. The van der Waals surface area contributed by atoms with Gasteiger partial charge in [0.2, 0.25) is 0 Å². The van der Waals surface area contributed by atoms with Gasteiger partial charge in [-0.2, -0.15) is 0 Å². The Kier molecular flexibility index (Phi) is 3.98. The molecule has 0 radical (unpaired) electrons. The van der Waals surface area contributed by atoms with Gasteiger partial charge in [0, 0.05) is 5.69 Å². The highest BCUT2D eigenvalue weighted by atomic mass is 16.5. The Balaban J connectivity index is 2.19. The molecule has 1 aromatic rings. The zero-order valence-corrected chi connectivity index (χ0v) is 11.4. The van der Waals surface area contributed by atoms with Gasteiger partial charge in [-0.15, -0.1) is 0 Å². The largest absolute Gasteiger partial charge is 0.489 e. The number of carbonyl (C=O) groups is 1. The lowest BCUT2D eigenvalue weighted by atomic mass is 9.82. The second-order valence-corrected chi connectivity index (χ2v) is 5.68. The molecule has 4 nitrogen and oxygen atoms in total. The van der Waals surface area contributed by atoms with Gasteiger partial charge < -0.3 is 15.6 Å². The maximum Gasteiger partial charge on any atom is 0.341 e. The van der Waals surface area contributed by atoms with E-state index < -0.39 is 5.97 Å². The molecule has 3 N–H and O–H groups in total. The molecule has 1 aromatic carbocycles. The standard InChI is InChI=1S/C15H21NO3/c1-9-6-10(2)8-11(7-9)19-13-5-3-4-12(16)14(13)15(17)18/h3-5,9-11H,6-8,16H2,1-2H3,(H,17,18). The van der Waals surface area contributed by atoms with Crippen LogP contribution in [-0.2, 0) is 0 Å². The van der Waals surface area contributed by atoms with E-state index in [2.05, 4.69) is 13.8 Å². The lowest BCUT2D eigenvalue weighted by Gasteiger charge is -2.32. The fourth-order valence-electron chi connectivity index (χ4n) is 3.02. The molecule has 2 atom stereocenters. The van der Waals surface area contributed by atoms with Crippen LogP contribution in [0.25, 0.3) is 0 Å². The summed E-state index contributed by atoms with van der Waals surface area (Å²) in [7, 11) is 0. The Bertz CT molecular complexity index is 462. The minimum atomic E-state index is -1.04. The first-order valence-corrected chi connectivity index (χ1v) is 6.75. The predicted octanol–water partition coefficient (Wildman–Crippen LogP) is 3.17. The number of hydrogen-bond donors (Lipinski definition) is 2. The third-order valence-corrected chi connectivity index (χ3v) is 3.70. The molecule has 0 spiro atoms.